The average molecular weight is 317 g/mol. The molecule has 0 aliphatic rings. The van der Waals surface area contributed by atoms with Gasteiger partial charge in [-0.3, -0.25) is 4.79 Å². The maximum atomic E-state index is 11.9. The summed E-state index contributed by atoms with van der Waals surface area (Å²) < 4.78 is 10.5. The fraction of sp³-hybridized carbons (Fsp3) is 0.267. The molecule has 7 heteroatoms. The molecule has 1 aromatic carbocycles. The predicted octanol–water partition coefficient (Wildman–Crippen LogP) is 2.30. The summed E-state index contributed by atoms with van der Waals surface area (Å²) in [5.41, 5.74) is 1.23. The molecular weight excluding hydrogens is 302 g/mol. The van der Waals surface area contributed by atoms with E-state index in [9.17, 15) is 4.79 Å². The lowest BCUT2D eigenvalue weighted by molar-refractivity contribution is 0.354. The fourth-order valence-electron chi connectivity index (χ4n) is 2.22. The minimum atomic E-state index is -0.197. The number of aromatic nitrogens is 3. The van der Waals surface area contributed by atoms with E-state index in [1.165, 1.54) is 11.3 Å². The Bertz CT molecular complexity index is 885. The molecule has 0 saturated heterocycles. The Hall–Kier alpha value is -2.41. The molecule has 0 aliphatic heterocycles. The zero-order valence-electron chi connectivity index (χ0n) is 12.5. The van der Waals surface area contributed by atoms with Gasteiger partial charge in [-0.2, -0.15) is 0 Å². The van der Waals surface area contributed by atoms with Crippen LogP contribution in [0, 0.1) is 6.92 Å². The summed E-state index contributed by atoms with van der Waals surface area (Å²) in [6.07, 6.45) is 0.611. The summed E-state index contributed by atoms with van der Waals surface area (Å²) in [6.45, 7) is 1.76. The molecule has 3 aromatic rings. The highest BCUT2D eigenvalue weighted by atomic mass is 32.1. The van der Waals surface area contributed by atoms with Crippen LogP contribution in [0.25, 0.3) is 10.3 Å². The number of nitrogens with one attached hydrogen (secondary N) is 1. The fourth-order valence-corrected chi connectivity index (χ4v) is 3.24. The van der Waals surface area contributed by atoms with Crippen molar-refractivity contribution >= 4 is 21.7 Å². The van der Waals surface area contributed by atoms with Crippen LogP contribution in [-0.4, -0.2) is 29.2 Å². The van der Waals surface area contributed by atoms with E-state index in [0.717, 1.165) is 10.6 Å². The molecule has 6 nitrogen and oxygen atoms in total. The number of rotatable bonds is 4. The molecule has 114 valence electrons. The van der Waals surface area contributed by atoms with Gasteiger partial charge < -0.3 is 14.5 Å². The van der Waals surface area contributed by atoms with Crippen molar-refractivity contribution < 1.29 is 9.47 Å². The Kier molecular flexibility index (Phi) is 3.81. The van der Waals surface area contributed by atoms with E-state index in [1.807, 2.05) is 18.2 Å². The number of fused-ring (bicyclic) bond motifs is 1. The minimum absolute atomic E-state index is 0.197. The van der Waals surface area contributed by atoms with Crippen LogP contribution in [0.4, 0.5) is 0 Å². The van der Waals surface area contributed by atoms with Gasteiger partial charge in [0.2, 0.25) is 0 Å². The summed E-state index contributed by atoms with van der Waals surface area (Å²) in [7, 11) is 3.21. The second-order valence-corrected chi connectivity index (χ2v) is 5.84. The number of aromatic amines is 1. The number of thiazole rings is 1. The Morgan fingerprint density at radius 3 is 2.68 bits per heavy atom. The standard InChI is InChI=1S/C15H15N3O3S/c1-8-16-14(19)13-15(17-8)22-12(18-13)7-9-4-5-10(20-2)11(6-9)21-3/h4-6H,7H2,1-3H3,(H,16,17,19). The molecule has 2 heterocycles. The van der Waals surface area contributed by atoms with Crippen LogP contribution >= 0.6 is 11.3 Å². The average Bonchev–Trinajstić information content (AvgIpc) is 2.89. The van der Waals surface area contributed by atoms with Crippen molar-refractivity contribution in [3.05, 3.63) is 44.9 Å². The van der Waals surface area contributed by atoms with E-state index < -0.39 is 0 Å². The summed E-state index contributed by atoms with van der Waals surface area (Å²) in [5.74, 6) is 1.95. The van der Waals surface area contributed by atoms with Crippen molar-refractivity contribution in [1.29, 1.82) is 0 Å². The van der Waals surface area contributed by atoms with Gasteiger partial charge >= 0.3 is 0 Å². The number of hydrogen-bond donors (Lipinski definition) is 1. The lowest BCUT2D eigenvalue weighted by Crippen LogP contribution is -2.09. The van der Waals surface area contributed by atoms with Crippen molar-refractivity contribution in [3.8, 4) is 11.5 Å². The first-order valence-electron chi connectivity index (χ1n) is 6.68. The SMILES string of the molecule is COc1ccc(Cc2nc3c(=O)[nH]c(C)nc3s2)cc1OC. The van der Waals surface area contributed by atoms with Crippen molar-refractivity contribution in [1.82, 2.24) is 15.0 Å². The molecule has 0 atom stereocenters. The second-order valence-electron chi connectivity index (χ2n) is 4.78. The van der Waals surface area contributed by atoms with E-state index in [-0.39, 0.29) is 5.56 Å². The highest BCUT2D eigenvalue weighted by molar-refractivity contribution is 7.18. The van der Waals surface area contributed by atoms with Gasteiger partial charge in [-0.15, -0.1) is 0 Å². The third-order valence-corrected chi connectivity index (χ3v) is 4.18. The van der Waals surface area contributed by atoms with E-state index in [1.54, 1.807) is 21.1 Å². The first-order valence-corrected chi connectivity index (χ1v) is 7.49. The van der Waals surface area contributed by atoms with Gasteiger partial charge in [0.15, 0.2) is 21.8 Å². The lowest BCUT2D eigenvalue weighted by Gasteiger charge is -2.08. The van der Waals surface area contributed by atoms with Gasteiger partial charge in [0.1, 0.15) is 10.8 Å². The summed E-state index contributed by atoms with van der Waals surface area (Å²) in [6, 6.07) is 5.72. The smallest absolute Gasteiger partial charge is 0.278 e. The maximum absolute atomic E-state index is 11.9. The van der Waals surface area contributed by atoms with Gasteiger partial charge in [0.05, 0.1) is 14.2 Å². The summed E-state index contributed by atoms with van der Waals surface area (Å²) >= 11 is 1.43. The van der Waals surface area contributed by atoms with Crippen LogP contribution in [0.2, 0.25) is 0 Å². The topological polar surface area (TPSA) is 77.1 Å². The third-order valence-electron chi connectivity index (χ3n) is 3.24. The lowest BCUT2D eigenvalue weighted by atomic mass is 10.1. The van der Waals surface area contributed by atoms with E-state index in [0.29, 0.717) is 34.1 Å². The largest absolute Gasteiger partial charge is 0.493 e. The van der Waals surface area contributed by atoms with Gasteiger partial charge in [-0.05, 0) is 24.6 Å². The predicted molar refractivity (Wildman–Crippen MR) is 85.1 cm³/mol. The van der Waals surface area contributed by atoms with Crippen LogP contribution in [-0.2, 0) is 6.42 Å². The number of ether oxygens (including phenoxy) is 2. The van der Waals surface area contributed by atoms with Crippen LogP contribution in [0.5, 0.6) is 11.5 Å². The van der Waals surface area contributed by atoms with E-state index in [2.05, 4.69) is 15.0 Å². The summed E-state index contributed by atoms with van der Waals surface area (Å²) in [5, 5.41) is 0.839. The van der Waals surface area contributed by atoms with E-state index >= 15 is 0 Å². The molecule has 22 heavy (non-hydrogen) atoms. The highest BCUT2D eigenvalue weighted by Crippen LogP contribution is 2.29. The molecule has 0 unspecified atom stereocenters. The minimum Gasteiger partial charge on any atom is -0.493 e. The van der Waals surface area contributed by atoms with Gasteiger partial charge in [0.25, 0.3) is 5.56 Å². The molecule has 3 rings (SSSR count). The Morgan fingerprint density at radius 2 is 1.95 bits per heavy atom. The zero-order valence-corrected chi connectivity index (χ0v) is 13.3. The molecule has 0 spiro atoms. The van der Waals surface area contributed by atoms with Gasteiger partial charge in [0, 0.05) is 6.42 Å². The van der Waals surface area contributed by atoms with Crippen molar-refractivity contribution in [2.24, 2.45) is 0 Å². The van der Waals surface area contributed by atoms with E-state index in [4.69, 9.17) is 9.47 Å². The highest BCUT2D eigenvalue weighted by Gasteiger charge is 2.11. The molecule has 2 aromatic heterocycles. The molecule has 1 N–H and O–H groups in total. The van der Waals surface area contributed by atoms with Crippen LogP contribution in [0.15, 0.2) is 23.0 Å². The van der Waals surface area contributed by atoms with Gasteiger partial charge in [-0.25, -0.2) is 9.97 Å². The normalized spacial score (nSPS) is 10.9. The molecular formula is C15H15N3O3S. The number of benzene rings is 1. The quantitative estimate of drug-likeness (QED) is 0.799. The van der Waals surface area contributed by atoms with Crippen molar-refractivity contribution in [3.63, 3.8) is 0 Å². The van der Waals surface area contributed by atoms with Crippen molar-refractivity contribution in [2.45, 2.75) is 13.3 Å². The molecule has 0 fully saturated rings. The number of H-pyrrole nitrogens is 1. The Balaban J connectivity index is 1.96. The first-order chi connectivity index (χ1) is 10.6. The molecule has 0 amide bonds. The monoisotopic (exact) mass is 317 g/mol. The van der Waals surface area contributed by atoms with Crippen LogP contribution in [0.1, 0.15) is 16.4 Å². The molecule has 0 saturated carbocycles. The van der Waals surface area contributed by atoms with Crippen LogP contribution in [0.3, 0.4) is 0 Å². The van der Waals surface area contributed by atoms with Crippen molar-refractivity contribution in [2.75, 3.05) is 14.2 Å². The third kappa shape index (κ3) is 2.67. The summed E-state index contributed by atoms with van der Waals surface area (Å²) in [4.78, 5) is 23.9. The number of hydrogen-bond acceptors (Lipinski definition) is 6. The first kappa shape index (κ1) is 14.5. The maximum Gasteiger partial charge on any atom is 0.278 e. The Morgan fingerprint density at radius 1 is 1.18 bits per heavy atom. The zero-order chi connectivity index (χ0) is 15.7. The molecule has 0 aliphatic carbocycles. The van der Waals surface area contributed by atoms with Crippen LogP contribution < -0.4 is 15.0 Å². The number of aryl methyl sites for hydroxylation is 1. The second kappa shape index (κ2) is 5.76. The number of nitrogens with zero attached hydrogens (tertiary/aromatic N) is 2. The van der Waals surface area contributed by atoms with Gasteiger partial charge in [-0.1, -0.05) is 17.4 Å². The molecule has 0 radical (unpaired) electrons. The number of methoxy groups -OCH3 is 2. The molecule has 0 bridgehead atoms. The Labute approximate surface area is 130 Å².